The number of fused-ring (bicyclic) bond motifs is 1. The molecule has 0 aliphatic rings. The summed E-state index contributed by atoms with van der Waals surface area (Å²) in [4.78, 5) is 29.2. The number of hydrogen-bond acceptors (Lipinski definition) is 4. The van der Waals surface area contributed by atoms with Gasteiger partial charge in [0.1, 0.15) is 5.82 Å². The van der Waals surface area contributed by atoms with Gasteiger partial charge in [-0.2, -0.15) is 0 Å². The standard InChI is InChI=1S/C14H23N5O2/c1-6-10(15)7-18-9(4)16-12-11(18)13(20)17(5)14(21)19(12)8(2)3/h8,10H,6-7,15H2,1-5H3. The maximum atomic E-state index is 12.5. The average Bonchev–Trinajstić information content (AvgIpc) is 2.72. The Morgan fingerprint density at radius 1 is 1.29 bits per heavy atom. The minimum atomic E-state index is -0.341. The van der Waals surface area contributed by atoms with Crippen molar-refractivity contribution in [3.8, 4) is 0 Å². The molecule has 2 rings (SSSR count). The lowest BCUT2D eigenvalue weighted by Gasteiger charge is -2.14. The van der Waals surface area contributed by atoms with Gasteiger partial charge in [-0.3, -0.25) is 13.9 Å². The van der Waals surface area contributed by atoms with Crippen LogP contribution in [-0.2, 0) is 13.6 Å². The zero-order chi connectivity index (χ0) is 15.9. The van der Waals surface area contributed by atoms with Crippen molar-refractivity contribution in [1.82, 2.24) is 18.7 Å². The van der Waals surface area contributed by atoms with Gasteiger partial charge in [-0.1, -0.05) is 6.92 Å². The smallest absolute Gasteiger partial charge is 0.326 e. The molecule has 0 aromatic carbocycles. The Labute approximate surface area is 123 Å². The number of aryl methyl sites for hydroxylation is 1. The third kappa shape index (κ3) is 2.42. The highest BCUT2D eigenvalue weighted by molar-refractivity contribution is 5.71. The summed E-state index contributed by atoms with van der Waals surface area (Å²) >= 11 is 0. The van der Waals surface area contributed by atoms with Crippen molar-refractivity contribution in [2.45, 2.75) is 52.7 Å². The van der Waals surface area contributed by atoms with E-state index in [-0.39, 0.29) is 23.3 Å². The van der Waals surface area contributed by atoms with E-state index in [4.69, 9.17) is 5.73 Å². The van der Waals surface area contributed by atoms with Crippen molar-refractivity contribution in [2.75, 3.05) is 0 Å². The maximum Gasteiger partial charge on any atom is 0.332 e. The fourth-order valence-electron chi connectivity index (χ4n) is 2.48. The molecule has 7 heteroatoms. The molecule has 0 aliphatic heterocycles. The molecule has 21 heavy (non-hydrogen) atoms. The summed E-state index contributed by atoms with van der Waals surface area (Å²) in [5.41, 5.74) is 6.24. The predicted octanol–water partition coefficient (Wildman–Crippen LogP) is 0.523. The number of aromatic nitrogens is 4. The van der Waals surface area contributed by atoms with E-state index in [9.17, 15) is 9.59 Å². The molecule has 0 amide bonds. The van der Waals surface area contributed by atoms with Gasteiger partial charge >= 0.3 is 5.69 Å². The molecule has 0 bridgehead atoms. The molecule has 2 aromatic heterocycles. The Hall–Kier alpha value is -1.89. The van der Waals surface area contributed by atoms with E-state index in [0.29, 0.717) is 23.5 Å². The number of nitrogens with zero attached hydrogens (tertiary/aromatic N) is 4. The lowest BCUT2D eigenvalue weighted by atomic mass is 10.2. The van der Waals surface area contributed by atoms with Crippen LogP contribution in [0.3, 0.4) is 0 Å². The van der Waals surface area contributed by atoms with E-state index >= 15 is 0 Å². The van der Waals surface area contributed by atoms with Gasteiger partial charge in [-0.15, -0.1) is 0 Å². The molecular formula is C14H23N5O2. The molecule has 1 atom stereocenters. The Morgan fingerprint density at radius 3 is 2.43 bits per heavy atom. The van der Waals surface area contributed by atoms with Gasteiger partial charge in [0, 0.05) is 25.7 Å². The molecule has 0 fully saturated rings. The van der Waals surface area contributed by atoms with Gasteiger partial charge in [0.15, 0.2) is 11.2 Å². The summed E-state index contributed by atoms with van der Waals surface area (Å²) in [7, 11) is 1.50. The number of hydrogen-bond donors (Lipinski definition) is 1. The van der Waals surface area contributed by atoms with Crippen molar-refractivity contribution in [3.63, 3.8) is 0 Å². The van der Waals surface area contributed by atoms with Gasteiger partial charge in [0.05, 0.1) is 0 Å². The van der Waals surface area contributed by atoms with Crippen LogP contribution in [0, 0.1) is 6.92 Å². The maximum absolute atomic E-state index is 12.5. The lowest BCUT2D eigenvalue weighted by Crippen LogP contribution is -2.39. The fourth-order valence-corrected chi connectivity index (χ4v) is 2.48. The van der Waals surface area contributed by atoms with Crippen molar-refractivity contribution in [1.29, 1.82) is 0 Å². The van der Waals surface area contributed by atoms with E-state index < -0.39 is 0 Å². The van der Waals surface area contributed by atoms with Crippen LogP contribution in [0.4, 0.5) is 0 Å². The second-order valence-corrected chi connectivity index (χ2v) is 5.72. The molecule has 0 radical (unpaired) electrons. The Balaban J connectivity index is 2.89. The summed E-state index contributed by atoms with van der Waals surface area (Å²) in [5, 5.41) is 0. The van der Waals surface area contributed by atoms with Crippen molar-refractivity contribution >= 4 is 11.2 Å². The van der Waals surface area contributed by atoms with Crippen LogP contribution in [-0.4, -0.2) is 24.7 Å². The molecule has 0 spiro atoms. The lowest BCUT2D eigenvalue weighted by molar-refractivity contribution is 0.533. The van der Waals surface area contributed by atoms with Crippen LogP contribution < -0.4 is 17.0 Å². The van der Waals surface area contributed by atoms with Crippen molar-refractivity contribution in [3.05, 3.63) is 26.7 Å². The van der Waals surface area contributed by atoms with Crippen LogP contribution >= 0.6 is 0 Å². The topological polar surface area (TPSA) is 87.8 Å². The number of nitrogens with two attached hydrogens (primary N) is 1. The number of imidazole rings is 1. The molecule has 2 N–H and O–H groups in total. The molecule has 1 unspecified atom stereocenters. The van der Waals surface area contributed by atoms with Crippen LogP contribution in [0.25, 0.3) is 11.2 Å². The van der Waals surface area contributed by atoms with Gasteiger partial charge in [0.25, 0.3) is 5.56 Å². The minimum absolute atomic E-state index is 0.0507. The third-order valence-corrected chi connectivity index (χ3v) is 3.83. The largest absolute Gasteiger partial charge is 0.332 e. The highest BCUT2D eigenvalue weighted by Gasteiger charge is 2.20. The zero-order valence-corrected chi connectivity index (χ0v) is 13.3. The van der Waals surface area contributed by atoms with Gasteiger partial charge in [-0.05, 0) is 27.2 Å². The fraction of sp³-hybridized carbons (Fsp3) is 0.643. The molecule has 116 valence electrons. The quantitative estimate of drug-likeness (QED) is 0.890. The van der Waals surface area contributed by atoms with Crippen molar-refractivity contribution in [2.24, 2.45) is 12.8 Å². The minimum Gasteiger partial charge on any atom is -0.326 e. The molecule has 0 saturated carbocycles. The third-order valence-electron chi connectivity index (χ3n) is 3.83. The van der Waals surface area contributed by atoms with Gasteiger partial charge in [-0.25, -0.2) is 9.78 Å². The van der Waals surface area contributed by atoms with Crippen molar-refractivity contribution < 1.29 is 0 Å². The van der Waals surface area contributed by atoms with E-state index in [2.05, 4.69) is 4.98 Å². The van der Waals surface area contributed by atoms with E-state index in [0.717, 1.165) is 11.0 Å². The summed E-state index contributed by atoms with van der Waals surface area (Å²) in [5.74, 6) is 0.700. The molecule has 0 saturated heterocycles. The molecule has 7 nitrogen and oxygen atoms in total. The van der Waals surface area contributed by atoms with Crippen LogP contribution in [0.1, 0.15) is 39.1 Å². The summed E-state index contributed by atoms with van der Waals surface area (Å²) in [6.45, 7) is 8.15. The first-order valence-electron chi connectivity index (χ1n) is 7.23. The van der Waals surface area contributed by atoms with Crippen LogP contribution in [0.5, 0.6) is 0 Å². The Morgan fingerprint density at radius 2 is 1.90 bits per heavy atom. The first kappa shape index (κ1) is 15.5. The predicted molar refractivity (Wildman–Crippen MR) is 82.6 cm³/mol. The average molecular weight is 293 g/mol. The van der Waals surface area contributed by atoms with E-state index in [1.165, 1.54) is 7.05 Å². The molecule has 2 heterocycles. The highest BCUT2D eigenvalue weighted by Crippen LogP contribution is 2.15. The van der Waals surface area contributed by atoms with E-state index in [1.54, 1.807) is 4.57 Å². The summed E-state index contributed by atoms with van der Waals surface area (Å²) in [6.07, 6.45) is 0.809. The highest BCUT2D eigenvalue weighted by atomic mass is 16.2. The van der Waals surface area contributed by atoms with Gasteiger partial charge in [0.2, 0.25) is 0 Å². The summed E-state index contributed by atoms with van der Waals surface area (Å²) < 4.78 is 4.51. The van der Waals surface area contributed by atoms with E-state index in [1.807, 2.05) is 32.3 Å². The molecular weight excluding hydrogens is 270 g/mol. The SMILES string of the molecule is CCC(N)Cn1c(C)nc2c1c(=O)n(C)c(=O)n2C(C)C. The zero-order valence-electron chi connectivity index (χ0n) is 13.3. The van der Waals surface area contributed by atoms with Gasteiger partial charge < -0.3 is 10.3 Å². The second-order valence-electron chi connectivity index (χ2n) is 5.72. The van der Waals surface area contributed by atoms with Crippen LogP contribution in [0.15, 0.2) is 9.59 Å². The Kier molecular flexibility index (Phi) is 4.04. The normalized spacial score (nSPS) is 13.3. The molecule has 2 aromatic rings. The monoisotopic (exact) mass is 293 g/mol. The first-order valence-corrected chi connectivity index (χ1v) is 7.23. The Bertz CT molecular complexity index is 781. The van der Waals surface area contributed by atoms with Crippen LogP contribution in [0.2, 0.25) is 0 Å². The first-order chi connectivity index (χ1) is 9.79. The summed E-state index contributed by atoms with van der Waals surface area (Å²) in [6, 6.07) is -0.125. The molecule has 0 aliphatic carbocycles. The number of rotatable bonds is 4. The second kappa shape index (κ2) is 5.48.